The standard InChI is InChI=1S/C37H58O2/c1-34(2,3)26-20-25(32(38)30(22-26)36(7,8)9)19-24-17-15-13-14-16-18-28(24)29-21-27(35(4,5)6)23-31(33(29)39)37(10,11)12/h20-24,28,38-39H,13-19H2,1-12H3/t24-,28+/m1/s1. The molecule has 2 aromatic rings. The lowest BCUT2D eigenvalue weighted by Crippen LogP contribution is -2.23. The highest BCUT2D eigenvalue weighted by Crippen LogP contribution is 2.47. The molecule has 39 heavy (non-hydrogen) atoms. The molecule has 0 heterocycles. The first-order valence-electron chi connectivity index (χ1n) is 15.5. The maximum absolute atomic E-state index is 11.8. The molecule has 3 rings (SSSR count). The Kier molecular flexibility index (Phi) is 9.01. The summed E-state index contributed by atoms with van der Waals surface area (Å²) in [5.41, 5.74) is 6.61. The van der Waals surface area contributed by atoms with Gasteiger partial charge in [0.25, 0.3) is 0 Å². The molecule has 0 aromatic heterocycles. The molecule has 0 saturated heterocycles. The van der Waals surface area contributed by atoms with Gasteiger partial charge in [-0.05, 0) is 86.1 Å². The van der Waals surface area contributed by atoms with Crippen LogP contribution in [0.1, 0.15) is 161 Å². The van der Waals surface area contributed by atoms with E-state index in [1.54, 1.807) is 0 Å². The highest BCUT2D eigenvalue weighted by Gasteiger charge is 2.33. The smallest absolute Gasteiger partial charge is 0.122 e. The summed E-state index contributed by atoms with van der Waals surface area (Å²) in [7, 11) is 0. The molecule has 1 fully saturated rings. The number of benzene rings is 2. The van der Waals surface area contributed by atoms with Gasteiger partial charge in [0.2, 0.25) is 0 Å². The van der Waals surface area contributed by atoms with E-state index in [1.807, 2.05) is 0 Å². The van der Waals surface area contributed by atoms with E-state index in [0.717, 1.165) is 41.5 Å². The van der Waals surface area contributed by atoms with Crippen LogP contribution in [0.5, 0.6) is 11.5 Å². The number of hydrogen-bond acceptors (Lipinski definition) is 2. The summed E-state index contributed by atoms with van der Waals surface area (Å²) < 4.78 is 0. The zero-order valence-electron chi connectivity index (χ0n) is 27.3. The molecule has 1 aliphatic rings. The molecule has 2 aromatic carbocycles. The van der Waals surface area contributed by atoms with Crippen molar-refractivity contribution in [2.24, 2.45) is 5.92 Å². The Hall–Kier alpha value is -1.96. The molecule has 0 aliphatic heterocycles. The van der Waals surface area contributed by atoms with E-state index < -0.39 is 0 Å². The van der Waals surface area contributed by atoms with Gasteiger partial charge < -0.3 is 10.2 Å². The molecule has 2 nitrogen and oxygen atoms in total. The van der Waals surface area contributed by atoms with Crippen molar-refractivity contribution in [2.45, 2.75) is 156 Å². The molecule has 1 aliphatic carbocycles. The molecule has 0 bridgehead atoms. The predicted octanol–water partition coefficient (Wildman–Crippen LogP) is 10.6. The van der Waals surface area contributed by atoms with E-state index in [0.29, 0.717) is 17.4 Å². The fourth-order valence-corrected chi connectivity index (χ4v) is 6.30. The van der Waals surface area contributed by atoms with Crippen LogP contribution in [0.25, 0.3) is 0 Å². The van der Waals surface area contributed by atoms with Gasteiger partial charge in [0.1, 0.15) is 11.5 Å². The zero-order valence-corrected chi connectivity index (χ0v) is 27.3. The summed E-state index contributed by atoms with van der Waals surface area (Å²) in [4.78, 5) is 0. The Morgan fingerprint density at radius 1 is 0.564 bits per heavy atom. The number of phenolic OH excluding ortho intramolecular Hbond substituents is 2. The monoisotopic (exact) mass is 534 g/mol. The van der Waals surface area contributed by atoms with Gasteiger partial charge in [0, 0.05) is 0 Å². The maximum Gasteiger partial charge on any atom is 0.122 e. The highest BCUT2D eigenvalue weighted by molar-refractivity contribution is 5.52. The Morgan fingerprint density at radius 2 is 1.03 bits per heavy atom. The molecule has 0 spiro atoms. The van der Waals surface area contributed by atoms with Gasteiger partial charge in [-0.15, -0.1) is 0 Å². The predicted molar refractivity (Wildman–Crippen MR) is 169 cm³/mol. The first-order chi connectivity index (χ1) is 17.7. The molecular weight excluding hydrogens is 476 g/mol. The molecule has 2 N–H and O–H groups in total. The van der Waals surface area contributed by atoms with E-state index in [4.69, 9.17) is 0 Å². The SMILES string of the molecule is CC(C)(C)c1cc(C[C@H]2CCCCCC[C@@H]2c2cc(C(C)(C)C)cc(C(C)(C)C)c2O)c(O)c(C(C)(C)C)c1. The molecule has 0 unspecified atom stereocenters. The largest absolute Gasteiger partial charge is 0.507 e. The summed E-state index contributed by atoms with van der Waals surface area (Å²) in [6.45, 7) is 26.8. The Balaban J connectivity index is 2.21. The van der Waals surface area contributed by atoms with Gasteiger partial charge in [0.05, 0.1) is 0 Å². The first kappa shape index (κ1) is 31.6. The highest BCUT2D eigenvalue weighted by atomic mass is 16.3. The normalized spacial score (nSPS) is 20.0. The van der Waals surface area contributed by atoms with Crippen LogP contribution in [0.4, 0.5) is 0 Å². The van der Waals surface area contributed by atoms with Gasteiger partial charge in [-0.25, -0.2) is 0 Å². The maximum atomic E-state index is 11.8. The molecule has 1 saturated carbocycles. The summed E-state index contributed by atoms with van der Waals surface area (Å²) in [5.74, 6) is 1.60. The third kappa shape index (κ3) is 7.42. The molecule has 0 amide bonds. The van der Waals surface area contributed by atoms with Crippen LogP contribution >= 0.6 is 0 Å². The lowest BCUT2D eigenvalue weighted by molar-refractivity contribution is 0.314. The minimum absolute atomic E-state index is 0.000479. The molecule has 2 heteroatoms. The summed E-state index contributed by atoms with van der Waals surface area (Å²) >= 11 is 0. The second kappa shape index (κ2) is 11.1. The third-order valence-electron chi connectivity index (χ3n) is 8.97. The summed E-state index contributed by atoms with van der Waals surface area (Å²) in [6.07, 6.45) is 7.97. The average Bonchev–Trinajstić information content (AvgIpc) is 2.74. The van der Waals surface area contributed by atoms with Crippen molar-refractivity contribution >= 4 is 0 Å². The van der Waals surface area contributed by atoms with E-state index in [1.165, 1.54) is 36.8 Å². The summed E-state index contributed by atoms with van der Waals surface area (Å²) in [5, 5.41) is 23.5. The molecule has 0 radical (unpaired) electrons. The van der Waals surface area contributed by atoms with Crippen LogP contribution < -0.4 is 0 Å². The van der Waals surface area contributed by atoms with E-state index in [2.05, 4.69) is 107 Å². The number of rotatable bonds is 3. The van der Waals surface area contributed by atoms with E-state index in [-0.39, 0.29) is 27.6 Å². The zero-order chi connectivity index (χ0) is 29.6. The fourth-order valence-electron chi connectivity index (χ4n) is 6.30. The second-order valence-corrected chi connectivity index (χ2v) is 16.6. The van der Waals surface area contributed by atoms with Crippen molar-refractivity contribution in [3.63, 3.8) is 0 Å². The fraction of sp³-hybridized carbons (Fsp3) is 0.676. The van der Waals surface area contributed by atoms with E-state index in [9.17, 15) is 10.2 Å². The van der Waals surface area contributed by atoms with Gasteiger partial charge in [0.15, 0.2) is 0 Å². The van der Waals surface area contributed by atoms with Crippen molar-refractivity contribution in [1.29, 1.82) is 0 Å². The van der Waals surface area contributed by atoms with Gasteiger partial charge in [-0.2, -0.15) is 0 Å². The van der Waals surface area contributed by atoms with Crippen molar-refractivity contribution in [3.05, 3.63) is 57.6 Å². The average molecular weight is 535 g/mol. The molecule has 218 valence electrons. The van der Waals surface area contributed by atoms with Crippen LogP contribution in [0.3, 0.4) is 0 Å². The van der Waals surface area contributed by atoms with Crippen molar-refractivity contribution in [2.75, 3.05) is 0 Å². The molecule has 2 atom stereocenters. The van der Waals surface area contributed by atoms with Crippen LogP contribution in [-0.4, -0.2) is 10.2 Å². The van der Waals surface area contributed by atoms with Gasteiger partial charge in [-0.3, -0.25) is 0 Å². The van der Waals surface area contributed by atoms with Crippen molar-refractivity contribution in [1.82, 2.24) is 0 Å². The Labute approximate surface area is 240 Å². The number of hydrogen-bond donors (Lipinski definition) is 2. The second-order valence-electron chi connectivity index (χ2n) is 16.6. The van der Waals surface area contributed by atoms with Gasteiger partial charge in [-0.1, -0.05) is 133 Å². The summed E-state index contributed by atoms with van der Waals surface area (Å²) in [6, 6.07) is 9.05. The third-order valence-corrected chi connectivity index (χ3v) is 8.97. The van der Waals surface area contributed by atoms with Crippen LogP contribution in [0, 0.1) is 5.92 Å². The Morgan fingerprint density at radius 3 is 1.51 bits per heavy atom. The lowest BCUT2D eigenvalue weighted by atomic mass is 9.70. The van der Waals surface area contributed by atoms with Crippen LogP contribution in [0.15, 0.2) is 24.3 Å². The van der Waals surface area contributed by atoms with Gasteiger partial charge >= 0.3 is 0 Å². The van der Waals surface area contributed by atoms with E-state index >= 15 is 0 Å². The number of phenols is 2. The van der Waals surface area contributed by atoms with Crippen molar-refractivity contribution in [3.8, 4) is 11.5 Å². The van der Waals surface area contributed by atoms with Crippen LogP contribution in [-0.2, 0) is 28.1 Å². The minimum atomic E-state index is -0.141. The van der Waals surface area contributed by atoms with Crippen LogP contribution in [0.2, 0.25) is 0 Å². The van der Waals surface area contributed by atoms with Crippen molar-refractivity contribution < 1.29 is 10.2 Å². The topological polar surface area (TPSA) is 40.5 Å². The quantitative estimate of drug-likeness (QED) is 0.411. The molecular formula is C37H58O2. The lowest BCUT2D eigenvalue weighted by Gasteiger charge is -2.35. The number of aromatic hydroxyl groups is 2. The first-order valence-corrected chi connectivity index (χ1v) is 15.5. The Bertz CT molecular complexity index is 1140. The minimum Gasteiger partial charge on any atom is -0.507 e.